The first kappa shape index (κ1) is 15.6. The molecule has 1 aromatic rings. The van der Waals surface area contributed by atoms with Gasteiger partial charge in [0, 0.05) is 17.7 Å². The third-order valence-electron chi connectivity index (χ3n) is 2.93. The van der Waals surface area contributed by atoms with Crippen LogP contribution in [0.1, 0.15) is 33.6 Å². The lowest BCUT2D eigenvalue weighted by molar-refractivity contribution is 0.307. The molecular weight excluding hydrogens is 266 g/mol. The highest BCUT2D eigenvalue weighted by atomic mass is 32.2. The highest BCUT2D eigenvalue weighted by molar-refractivity contribution is 7.99. The van der Waals surface area contributed by atoms with E-state index in [0.717, 1.165) is 18.6 Å². The van der Waals surface area contributed by atoms with Crippen molar-refractivity contribution in [2.75, 3.05) is 5.75 Å². The average Bonchev–Trinajstić information content (AvgIpc) is 2.71. The zero-order valence-electron chi connectivity index (χ0n) is 11.5. The number of hydrogen-bond donors (Lipinski definition) is 3. The Morgan fingerprint density at radius 2 is 2.32 bits per heavy atom. The molecule has 0 saturated carbocycles. The maximum atomic E-state index is 11.5. The molecule has 4 N–H and O–H groups in total. The molecular formula is C11H21N5O2S. The number of H-pyrrole nitrogens is 1. The summed E-state index contributed by atoms with van der Waals surface area (Å²) < 4.78 is 1.63. The van der Waals surface area contributed by atoms with E-state index in [1.54, 1.807) is 4.57 Å². The third-order valence-corrected chi connectivity index (χ3v) is 3.91. The summed E-state index contributed by atoms with van der Waals surface area (Å²) in [5.74, 6) is 0.943. The Kier molecular flexibility index (Phi) is 5.46. The number of oxime groups is 1. The van der Waals surface area contributed by atoms with Crippen molar-refractivity contribution in [3.63, 3.8) is 0 Å². The van der Waals surface area contributed by atoms with Crippen molar-refractivity contribution < 1.29 is 5.21 Å². The summed E-state index contributed by atoms with van der Waals surface area (Å²) in [6.07, 6.45) is 1.60. The minimum Gasteiger partial charge on any atom is -0.409 e. The molecule has 0 aliphatic heterocycles. The second-order valence-corrected chi connectivity index (χ2v) is 5.99. The van der Waals surface area contributed by atoms with Crippen LogP contribution in [0, 0.1) is 5.41 Å². The number of rotatable bonds is 7. The zero-order chi connectivity index (χ0) is 14.5. The SMILES string of the molecule is CCCn1c(SCCC(C)(C)C(N)=NO)n[nH]c1=O. The van der Waals surface area contributed by atoms with Gasteiger partial charge in [0.15, 0.2) is 5.16 Å². The minimum absolute atomic E-state index is 0.181. The smallest absolute Gasteiger partial charge is 0.343 e. The molecule has 1 heterocycles. The molecule has 0 radical (unpaired) electrons. The van der Waals surface area contributed by atoms with E-state index in [9.17, 15) is 4.79 Å². The van der Waals surface area contributed by atoms with E-state index in [1.165, 1.54) is 11.8 Å². The molecule has 0 atom stereocenters. The number of amidine groups is 1. The second-order valence-electron chi connectivity index (χ2n) is 4.93. The van der Waals surface area contributed by atoms with Gasteiger partial charge >= 0.3 is 5.69 Å². The topological polar surface area (TPSA) is 109 Å². The number of aromatic nitrogens is 3. The molecule has 0 aliphatic rings. The van der Waals surface area contributed by atoms with Crippen molar-refractivity contribution in [1.82, 2.24) is 14.8 Å². The number of nitrogens with zero attached hydrogens (tertiary/aromatic N) is 3. The molecule has 108 valence electrons. The van der Waals surface area contributed by atoms with Gasteiger partial charge in [-0.05, 0) is 12.8 Å². The first-order valence-electron chi connectivity index (χ1n) is 6.18. The van der Waals surface area contributed by atoms with Crippen LogP contribution in [0.25, 0.3) is 0 Å². The highest BCUT2D eigenvalue weighted by Gasteiger charge is 2.23. The normalized spacial score (nSPS) is 12.9. The number of aromatic amines is 1. The van der Waals surface area contributed by atoms with Crippen molar-refractivity contribution in [2.45, 2.75) is 45.3 Å². The van der Waals surface area contributed by atoms with Gasteiger partial charge in [-0.25, -0.2) is 9.89 Å². The monoisotopic (exact) mass is 287 g/mol. The van der Waals surface area contributed by atoms with Gasteiger partial charge in [-0.1, -0.05) is 37.7 Å². The Bertz CT molecular complexity index is 492. The molecule has 1 aromatic heterocycles. The van der Waals surface area contributed by atoms with Crippen LogP contribution in [0.15, 0.2) is 15.1 Å². The largest absolute Gasteiger partial charge is 0.409 e. The van der Waals surface area contributed by atoms with E-state index in [2.05, 4.69) is 15.4 Å². The van der Waals surface area contributed by atoms with Crippen molar-refractivity contribution in [3.8, 4) is 0 Å². The number of thioether (sulfide) groups is 1. The van der Waals surface area contributed by atoms with E-state index < -0.39 is 0 Å². The molecule has 0 amide bonds. The summed E-state index contributed by atoms with van der Waals surface area (Å²) in [6.45, 7) is 6.48. The molecule has 7 nitrogen and oxygen atoms in total. The van der Waals surface area contributed by atoms with Gasteiger partial charge in [0.1, 0.15) is 5.84 Å². The van der Waals surface area contributed by atoms with Crippen LogP contribution in [0.5, 0.6) is 0 Å². The van der Waals surface area contributed by atoms with E-state index in [0.29, 0.717) is 11.7 Å². The lowest BCUT2D eigenvalue weighted by atomic mass is 9.89. The van der Waals surface area contributed by atoms with Gasteiger partial charge in [-0.3, -0.25) is 4.57 Å². The van der Waals surface area contributed by atoms with Crippen LogP contribution >= 0.6 is 11.8 Å². The second kappa shape index (κ2) is 6.65. The maximum Gasteiger partial charge on any atom is 0.343 e. The summed E-state index contributed by atoms with van der Waals surface area (Å²) in [5.41, 5.74) is 5.06. The van der Waals surface area contributed by atoms with Crippen LogP contribution in [-0.4, -0.2) is 31.6 Å². The Labute approximate surface area is 116 Å². The molecule has 19 heavy (non-hydrogen) atoms. The fourth-order valence-electron chi connectivity index (χ4n) is 1.50. The van der Waals surface area contributed by atoms with Crippen LogP contribution < -0.4 is 11.4 Å². The molecule has 0 aliphatic carbocycles. The van der Waals surface area contributed by atoms with Gasteiger partial charge < -0.3 is 10.9 Å². The highest BCUT2D eigenvalue weighted by Crippen LogP contribution is 2.25. The van der Waals surface area contributed by atoms with Crippen molar-refractivity contribution >= 4 is 17.6 Å². The van der Waals surface area contributed by atoms with Gasteiger partial charge in [0.2, 0.25) is 0 Å². The number of nitrogens with two attached hydrogens (primary N) is 1. The molecule has 1 rings (SSSR count). The molecule has 0 saturated heterocycles. The Morgan fingerprint density at radius 3 is 2.89 bits per heavy atom. The average molecular weight is 287 g/mol. The molecule has 8 heteroatoms. The summed E-state index contributed by atoms with van der Waals surface area (Å²) >= 11 is 1.49. The van der Waals surface area contributed by atoms with Crippen molar-refractivity contribution in [3.05, 3.63) is 10.5 Å². The van der Waals surface area contributed by atoms with Gasteiger partial charge in [0.05, 0.1) is 0 Å². The molecule has 0 unspecified atom stereocenters. The summed E-state index contributed by atoms with van der Waals surface area (Å²) in [7, 11) is 0. The van der Waals surface area contributed by atoms with Gasteiger partial charge in [-0.2, -0.15) is 0 Å². The Balaban J connectivity index is 2.61. The fraction of sp³-hybridized carbons (Fsp3) is 0.727. The predicted octanol–water partition coefficient (Wildman–Crippen LogP) is 1.24. The Hall–Kier alpha value is -1.44. The fourth-order valence-corrected chi connectivity index (χ4v) is 2.73. The lowest BCUT2D eigenvalue weighted by Crippen LogP contribution is -2.32. The van der Waals surface area contributed by atoms with Gasteiger partial charge in [0.25, 0.3) is 0 Å². The van der Waals surface area contributed by atoms with E-state index in [4.69, 9.17) is 10.9 Å². The first-order valence-corrected chi connectivity index (χ1v) is 7.17. The Morgan fingerprint density at radius 1 is 1.63 bits per heavy atom. The standard InChI is InChI=1S/C11H21N5O2S/c1-4-6-16-9(17)13-14-10(16)19-7-5-11(2,3)8(12)15-18/h18H,4-7H2,1-3H3,(H2,12,15)(H,13,17). The van der Waals surface area contributed by atoms with Crippen LogP contribution in [0.2, 0.25) is 0 Å². The molecule has 0 spiro atoms. The number of hydrogen-bond acceptors (Lipinski definition) is 5. The predicted molar refractivity (Wildman–Crippen MR) is 75.7 cm³/mol. The molecule has 0 bridgehead atoms. The van der Waals surface area contributed by atoms with Crippen molar-refractivity contribution in [2.24, 2.45) is 16.3 Å². The first-order chi connectivity index (χ1) is 8.92. The third kappa shape index (κ3) is 4.02. The van der Waals surface area contributed by atoms with Crippen LogP contribution in [0.4, 0.5) is 0 Å². The zero-order valence-corrected chi connectivity index (χ0v) is 12.3. The van der Waals surface area contributed by atoms with E-state index in [1.807, 2.05) is 20.8 Å². The maximum absolute atomic E-state index is 11.5. The summed E-state index contributed by atoms with van der Waals surface area (Å²) in [5, 5.41) is 18.9. The van der Waals surface area contributed by atoms with E-state index >= 15 is 0 Å². The van der Waals surface area contributed by atoms with Gasteiger partial charge in [-0.15, -0.1) is 5.10 Å². The van der Waals surface area contributed by atoms with Crippen LogP contribution in [0.3, 0.4) is 0 Å². The molecule has 0 fully saturated rings. The summed E-state index contributed by atoms with van der Waals surface area (Å²) in [4.78, 5) is 11.5. The lowest BCUT2D eigenvalue weighted by Gasteiger charge is -2.22. The quantitative estimate of drug-likeness (QED) is 0.230. The van der Waals surface area contributed by atoms with Crippen LogP contribution in [-0.2, 0) is 6.54 Å². The minimum atomic E-state index is -0.381. The number of nitrogens with one attached hydrogen (secondary N) is 1. The molecule has 0 aromatic carbocycles. The summed E-state index contributed by atoms with van der Waals surface area (Å²) in [6, 6.07) is 0. The van der Waals surface area contributed by atoms with Crippen molar-refractivity contribution in [1.29, 1.82) is 0 Å². The van der Waals surface area contributed by atoms with E-state index in [-0.39, 0.29) is 16.9 Å².